The van der Waals surface area contributed by atoms with Gasteiger partial charge in [-0.1, -0.05) is 6.07 Å². The molecule has 2 N–H and O–H groups in total. The molecule has 0 aliphatic rings. The number of carboxylic acids is 1. The number of carbonyl (C=O) groups excluding carboxylic acids is 1. The lowest BCUT2D eigenvalue weighted by Gasteiger charge is -2.12. The molecule has 1 amide bonds. The number of hydrogen-bond donors (Lipinski definition) is 2. The van der Waals surface area contributed by atoms with Crippen LogP contribution in [0.4, 0.5) is 18.9 Å². The SMILES string of the molecule is Cc1ccc(C(F)(F)F)cc1NC(=O)CSCC(=O)O. The number of aryl methyl sites for hydroxylation is 1. The molecule has 0 fully saturated rings. The maximum Gasteiger partial charge on any atom is 0.416 e. The lowest BCUT2D eigenvalue weighted by Crippen LogP contribution is -2.17. The van der Waals surface area contributed by atoms with E-state index in [2.05, 4.69) is 5.32 Å². The number of benzene rings is 1. The maximum absolute atomic E-state index is 12.5. The zero-order chi connectivity index (χ0) is 15.3. The molecular weight excluding hydrogens is 295 g/mol. The third kappa shape index (κ3) is 5.12. The quantitative estimate of drug-likeness (QED) is 0.878. The van der Waals surface area contributed by atoms with Gasteiger partial charge in [-0.05, 0) is 24.6 Å². The molecule has 1 aromatic rings. The minimum atomic E-state index is -4.48. The van der Waals surface area contributed by atoms with Crippen LogP contribution in [0.15, 0.2) is 18.2 Å². The average molecular weight is 307 g/mol. The zero-order valence-electron chi connectivity index (χ0n) is 10.5. The van der Waals surface area contributed by atoms with Gasteiger partial charge in [-0.3, -0.25) is 9.59 Å². The van der Waals surface area contributed by atoms with Crippen LogP contribution in [0.1, 0.15) is 11.1 Å². The van der Waals surface area contributed by atoms with Gasteiger partial charge in [0, 0.05) is 5.69 Å². The highest BCUT2D eigenvalue weighted by atomic mass is 32.2. The van der Waals surface area contributed by atoms with Gasteiger partial charge < -0.3 is 10.4 Å². The molecule has 8 heteroatoms. The maximum atomic E-state index is 12.5. The molecule has 20 heavy (non-hydrogen) atoms. The Labute approximate surface area is 117 Å². The van der Waals surface area contributed by atoms with Crippen LogP contribution in [0.25, 0.3) is 0 Å². The Morgan fingerprint density at radius 3 is 2.50 bits per heavy atom. The summed E-state index contributed by atoms with van der Waals surface area (Å²) in [4.78, 5) is 21.8. The van der Waals surface area contributed by atoms with Crippen molar-refractivity contribution in [1.29, 1.82) is 0 Å². The Bertz CT molecular complexity index is 517. The van der Waals surface area contributed by atoms with Crippen molar-refractivity contribution in [3.63, 3.8) is 0 Å². The molecule has 110 valence electrons. The number of anilines is 1. The fraction of sp³-hybridized carbons (Fsp3) is 0.333. The highest BCUT2D eigenvalue weighted by Crippen LogP contribution is 2.32. The first-order valence-electron chi connectivity index (χ1n) is 5.47. The van der Waals surface area contributed by atoms with Crippen molar-refractivity contribution >= 4 is 29.3 Å². The molecule has 0 radical (unpaired) electrons. The van der Waals surface area contributed by atoms with Gasteiger partial charge in [0.05, 0.1) is 17.1 Å². The van der Waals surface area contributed by atoms with E-state index in [0.29, 0.717) is 5.56 Å². The molecular formula is C12H12F3NO3S. The van der Waals surface area contributed by atoms with Gasteiger partial charge in [0.1, 0.15) is 0 Å². The fourth-order valence-corrected chi connectivity index (χ4v) is 1.88. The Hall–Kier alpha value is -1.70. The van der Waals surface area contributed by atoms with Crippen molar-refractivity contribution in [2.24, 2.45) is 0 Å². The van der Waals surface area contributed by atoms with E-state index in [4.69, 9.17) is 5.11 Å². The fourth-order valence-electron chi connectivity index (χ4n) is 1.35. The number of amides is 1. The second-order valence-electron chi connectivity index (χ2n) is 3.96. The molecule has 1 rings (SSSR count). The topological polar surface area (TPSA) is 66.4 Å². The predicted molar refractivity (Wildman–Crippen MR) is 69.8 cm³/mol. The molecule has 4 nitrogen and oxygen atoms in total. The molecule has 0 aliphatic heterocycles. The van der Waals surface area contributed by atoms with Gasteiger partial charge in [-0.2, -0.15) is 13.2 Å². The summed E-state index contributed by atoms with van der Waals surface area (Å²) in [7, 11) is 0. The van der Waals surface area contributed by atoms with E-state index in [-0.39, 0.29) is 17.2 Å². The summed E-state index contributed by atoms with van der Waals surface area (Å²) in [5.41, 5.74) is -0.285. The van der Waals surface area contributed by atoms with E-state index in [1.165, 1.54) is 6.07 Å². The Morgan fingerprint density at radius 1 is 1.30 bits per heavy atom. The molecule has 0 spiro atoms. The molecule has 0 unspecified atom stereocenters. The van der Waals surface area contributed by atoms with E-state index in [1.807, 2.05) is 0 Å². The highest BCUT2D eigenvalue weighted by Gasteiger charge is 2.30. The Morgan fingerprint density at radius 2 is 1.95 bits per heavy atom. The lowest BCUT2D eigenvalue weighted by atomic mass is 10.1. The number of thioether (sulfide) groups is 1. The minimum absolute atomic E-state index is 0.0701. The Balaban J connectivity index is 2.71. The second kappa shape index (κ2) is 6.65. The van der Waals surface area contributed by atoms with E-state index in [9.17, 15) is 22.8 Å². The summed E-state index contributed by atoms with van der Waals surface area (Å²) in [5.74, 6) is -1.98. The number of carbonyl (C=O) groups is 2. The van der Waals surface area contributed by atoms with Crippen LogP contribution in [-0.4, -0.2) is 28.5 Å². The standard InChI is InChI=1S/C12H12F3NO3S/c1-7-2-3-8(12(13,14)15)4-9(7)16-10(17)5-20-6-11(18)19/h2-4H,5-6H2,1H3,(H,16,17)(H,18,19). The summed E-state index contributed by atoms with van der Waals surface area (Å²) in [6.45, 7) is 1.57. The Kier molecular flexibility index (Phi) is 5.43. The number of aliphatic carboxylic acids is 1. The molecule has 0 bridgehead atoms. The highest BCUT2D eigenvalue weighted by molar-refractivity contribution is 8.00. The van der Waals surface area contributed by atoms with Gasteiger partial charge in [-0.15, -0.1) is 11.8 Å². The first-order valence-corrected chi connectivity index (χ1v) is 6.63. The molecule has 0 atom stereocenters. The first kappa shape index (κ1) is 16.4. The van der Waals surface area contributed by atoms with Crippen LogP contribution in [0, 0.1) is 6.92 Å². The second-order valence-corrected chi connectivity index (χ2v) is 4.95. The lowest BCUT2D eigenvalue weighted by molar-refractivity contribution is -0.137. The molecule has 0 saturated carbocycles. The van der Waals surface area contributed by atoms with Crippen LogP contribution in [0.2, 0.25) is 0 Å². The molecule has 0 aliphatic carbocycles. The number of rotatable bonds is 5. The molecule has 0 aromatic heterocycles. The van der Waals surface area contributed by atoms with Crippen molar-refractivity contribution < 1.29 is 27.9 Å². The summed E-state index contributed by atoms with van der Waals surface area (Å²) in [5, 5.41) is 10.8. The number of nitrogens with one attached hydrogen (secondary N) is 1. The van der Waals surface area contributed by atoms with Gasteiger partial charge in [0.25, 0.3) is 0 Å². The van der Waals surface area contributed by atoms with E-state index in [0.717, 1.165) is 23.9 Å². The van der Waals surface area contributed by atoms with Crippen LogP contribution in [0.5, 0.6) is 0 Å². The van der Waals surface area contributed by atoms with Crippen molar-refractivity contribution in [2.75, 3.05) is 16.8 Å². The number of alkyl halides is 3. The van der Waals surface area contributed by atoms with Crippen molar-refractivity contribution in [3.8, 4) is 0 Å². The van der Waals surface area contributed by atoms with E-state index in [1.54, 1.807) is 6.92 Å². The van der Waals surface area contributed by atoms with Crippen LogP contribution < -0.4 is 5.32 Å². The van der Waals surface area contributed by atoms with Gasteiger partial charge in [-0.25, -0.2) is 0 Å². The predicted octanol–water partition coefficient (Wildman–Crippen LogP) is 2.77. The van der Waals surface area contributed by atoms with Crippen molar-refractivity contribution in [3.05, 3.63) is 29.3 Å². The summed E-state index contributed by atoms with van der Waals surface area (Å²) in [6.07, 6.45) is -4.48. The van der Waals surface area contributed by atoms with Gasteiger partial charge in [0.15, 0.2) is 0 Å². The molecule has 0 saturated heterocycles. The number of halogens is 3. The smallest absolute Gasteiger partial charge is 0.416 e. The van der Waals surface area contributed by atoms with E-state index >= 15 is 0 Å². The van der Waals surface area contributed by atoms with Crippen molar-refractivity contribution in [2.45, 2.75) is 13.1 Å². The normalized spacial score (nSPS) is 11.2. The molecule has 1 aromatic carbocycles. The largest absolute Gasteiger partial charge is 0.481 e. The van der Waals surface area contributed by atoms with Gasteiger partial charge >= 0.3 is 12.1 Å². The minimum Gasteiger partial charge on any atom is -0.481 e. The number of hydrogen-bond acceptors (Lipinski definition) is 3. The zero-order valence-corrected chi connectivity index (χ0v) is 11.3. The van der Waals surface area contributed by atoms with Crippen LogP contribution >= 0.6 is 11.8 Å². The van der Waals surface area contributed by atoms with E-state index < -0.39 is 23.6 Å². The summed E-state index contributed by atoms with van der Waals surface area (Å²) < 4.78 is 37.6. The molecule has 0 heterocycles. The average Bonchev–Trinajstić information content (AvgIpc) is 2.30. The monoisotopic (exact) mass is 307 g/mol. The first-order chi connectivity index (χ1) is 9.20. The number of carboxylic acid groups (broad SMARTS) is 1. The summed E-state index contributed by atoms with van der Waals surface area (Å²) in [6, 6.07) is 3.06. The third-order valence-corrected chi connectivity index (χ3v) is 3.22. The van der Waals surface area contributed by atoms with Crippen molar-refractivity contribution in [1.82, 2.24) is 0 Å². The summed E-state index contributed by atoms with van der Waals surface area (Å²) >= 11 is 0.871. The third-order valence-electron chi connectivity index (χ3n) is 2.30. The van der Waals surface area contributed by atoms with Crippen LogP contribution in [-0.2, 0) is 15.8 Å². The van der Waals surface area contributed by atoms with Crippen LogP contribution in [0.3, 0.4) is 0 Å². The van der Waals surface area contributed by atoms with Gasteiger partial charge in [0.2, 0.25) is 5.91 Å².